The highest BCUT2D eigenvalue weighted by atomic mass is 16.2. The summed E-state index contributed by atoms with van der Waals surface area (Å²) in [7, 11) is 0. The van der Waals surface area contributed by atoms with Crippen LogP contribution in [0, 0.1) is 5.92 Å². The van der Waals surface area contributed by atoms with E-state index in [1.165, 1.54) is 0 Å². The van der Waals surface area contributed by atoms with E-state index < -0.39 is 0 Å². The molecule has 1 fully saturated rings. The third kappa shape index (κ3) is 5.15. The van der Waals surface area contributed by atoms with Crippen LogP contribution in [0.15, 0.2) is 18.3 Å². The average Bonchev–Trinajstić information content (AvgIpc) is 2.55. The van der Waals surface area contributed by atoms with Crippen molar-refractivity contribution in [3.8, 4) is 0 Å². The lowest BCUT2D eigenvalue weighted by Gasteiger charge is -2.20. The Balaban J connectivity index is 1.75. The number of ketones is 1. The van der Waals surface area contributed by atoms with Crippen molar-refractivity contribution in [1.29, 1.82) is 0 Å². The topological polar surface area (TPSA) is 88.2 Å². The maximum atomic E-state index is 11.8. The van der Waals surface area contributed by atoms with E-state index in [1.807, 2.05) is 26.0 Å². The van der Waals surface area contributed by atoms with Crippen LogP contribution in [-0.4, -0.2) is 29.1 Å². The molecule has 0 aliphatic carbocycles. The molecule has 1 atom stereocenters. The zero-order chi connectivity index (χ0) is 17.5. The Labute approximate surface area is 142 Å². The third-order valence-electron chi connectivity index (χ3n) is 4.23. The molecule has 1 unspecified atom stereocenters. The molecule has 1 aromatic heterocycles. The van der Waals surface area contributed by atoms with Crippen molar-refractivity contribution in [1.82, 2.24) is 10.3 Å². The summed E-state index contributed by atoms with van der Waals surface area (Å²) in [5.41, 5.74) is 0.827. The van der Waals surface area contributed by atoms with Gasteiger partial charge in [-0.2, -0.15) is 0 Å². The average molecular weight is 331 g/mol. The maximum Gasteiger partial charge on any atom is 0.234 e. The number of pyridine rings is 1. The quantitative estimate of drug-likeness (QED) is 0.564. The highest BCUT2D eigenvalue weighted by Gasteiger charge is 2.27. The Kier molecular flexibility index (Phi) is 6.46. The minimum atomic E-state index is -0.300. The van der Waals surface area contributed by atoms with E-state index in [1.54, 1.807) is 6.20 Å². The molecule has 0 aromatic carbocycles. The second kappa shape index (κ2) is 8.57. The summed E-state index contributed by atoms with van der Waals surface area (Å²) < 4.78 is 0. The Morgan fingerprint density at radius 1 is 1.33 bits per heavy atom. The molecule has 130 valence electrons. The van der Waals surface area contributed by atoms with Crippen LogP contribution in [0.5, 0.6) is 0 Å². The van der Waals surface area contributed by atoms with Gasteiger partial charge in [-0.05, 0) is 30.9 Å². The van der Waals surface area contributed by atoms with Gasteiger partial charge in [-0.25, -0.2) is 4.98 Å². The minimum absolute atomic E-state index is 0.111. The lowest BCUT2D eigenvalue weighted by atomic mass is 9.92. The molecule has 2 amide bonds. The number of anilines is 1. The monoisotopic (exact) mass is 331 g/mol. The molecule has 2 N–H and O–H groups in total. The number of Topliss-reactive ketones (excluding diaryl/α,β-unsaturated/α-hetero) is 1. The number of rotatable bonds is 8. The summed E-state index contributed by atoms with van der Waals surface area (Å²) in [6.45, 7) is 4.61. The Morgan fingerprint density at radius 3 is 2.75 bits per heavy atom. The van der Waals surface area contributed by atoms with Gasteiger partial charge in [-0.1, -0.05) is 19.9 Å². The SMILES string of the molecule is CC(C)C(=O)CCCCNc1ccc(C2CCC(=O)NC2=O)cn1. The van der Waals surface area contributed by atoms with E-state index in [-0.39, 0.29) is 23.7 Å². The molecule has 2 heterocycles. The summed E-state index contributed by atoms with van der Waals surface area (Å²) in [6.07, 6.45) is 4.99. The predicted octanol–water partition coefficient (Wildman–Crippen LogP) is 2.41. The molecule has 24 heavy (non-hydrogen) atoms. The lowest BCUT2D eigenvalue weighted by molar-refractivity contribution is -0.134. The molecule has 6 nitrogen and oxygen atoms in total. The molecule has 1 saturated heterocycles. The van der Waals surface area contributed by atoms with Crippen molar-refractivity contribution in [2.24, 2.45) is 5.92 Å². The number of carbonyl (C=O) groups is 3. The summed E-state index contributed by atoms with van der Waals surface area (Å²) in [5.74, 6) is 0.413. The van der Waals surface area contributed by atoms with Crippen LogP contribution in [0.3, 0.4) is 0 Å². The molecule has 1 aliphatic heterocycles. The zero-order valence-corrected chi connectivity index (χ0v) is 14.3. The molecule has 1 aromatic rings. The molecule has 6 heteroatoms. The zero-order valence-electron chi connectivity index (χ0n) is 14.3. The normalized spacial score (nSPS) is 17.7. The van der Waals surface area contributed by atoms with Gasteiger partial charge in [0.25, 0.3) is 0 Å². The number of nitrogens with one attached hydrogen (secondary N) is 2. The summed E-state index contributed by atoms with van der Waals surface area (Å²) in [6, 6.07) is 3.72. The first-order valence-corrected chi connectivity index (χ1v) is 8.53. The van der Waals surface area contributed by atoms with Crippen LogP contribution >= 0.6 is 0 Å². The molecule has 2 rings (SSSR count). The molecular weight excluding hydrogens is 306 g/mol. The van der Waals surface area contributed by atoms with Crippen molar-refractivity contribution in [3.63, 3.8) is 0 Å². The molecular formula is C18H25N3O3. The minimum Gasteiger partial charge on any atom is -0.370 e. The van der Waals surface area contributed by atoms with E-state index in [0.29, 0.717) is 25.0 Å². The van der Waals surface area contributed by atoms with Crippen LogP contribution in [0.4, 0.5) is 5.82 Å². The predicted molar refractivity (Wildman–Crippen MR) is 91.5 cm³/mol. The van der Waals surface area contributed by atoms with Crippen LogP contribution in [0.2, 0.25) is 0 Å². The smallest absolute Gasteiger partial charge is 0.234 e. The Morgan fingerprint density at radius 2 is 2.12 bits per heavy atom. The number of hydrogen-bond donors (Lipinski definition) is 2. The number of aromatic nitrogens is 1. The number of amides is 2. The van der Waals surface area contributed by atoms with Gasteiger partial charge in [-0.15, -0.1) is 0 Å². The highest BCUT2D eigenvalue weighted by molar-refractivity contribution is 6.00. The van der Waals surface area contributed by atoms with Crippen LogP contribution < -0.4 is 10.6 Å². The number of hydrogen-bond acceptors (Lipinski definition) is 5. The van der Waals surface area contributed by atoms with E-state index in [2.05, 4.69) is 15.6 Å². The molecule has 0 spiro atoms. The van der Waals surface area contributed by atoms with E-state index >= 15 is 0 Å². The summed E-state index contributed by atoms with van der Waals surface area (Å²) >= 11 is 0. The number of carbonyl (C=O) groups excluding carboxylic acids is 3. The standard InChI is InChI=1S/C18H25N3O3/c1-12(2)15(22)5-3-4-10-19-16-8-6-13(11-20-16)14-7-9-17(23)21-18(14)24/h6,8,11-12,14H,3-5,7,9-10H2,1-2H3,(H,19,20)(H,21,23,24). The lowest BCUT2D eigenvalue weighted by Crippen LogP contribution is -2.39. The van der Waals surface area contributed by atoms with Gasteiger partial charge in [0.1, 0.15) is 11.6 Å². The highest BCUT2D eigenvalue weighted by Crippen LogP contribution is 2.24. The number of unbranched alkanes of at least 4 members (excludes halogenated alkanes) is 1. The summed E-state index contributed by atoms with van der Waals surface area (Å²) in [5, 5.41) is 5.58. The van der Waals surface area contributed by atoms with Gasteiger partial charge in [0.2, 0.25) is 11.8 Å². The van der Waals surface area contributed by atoms with Gasteiger partial charge >= 0.3 is 0 Å². The van der Waals surface area contributed by atoms with Crippen molar-refractivity contribution in [3.05, 3.63) is 23.9 Å². The number of imide groups is 1. The van der Waals surface area contributed by atoms with Crippen LogP contribution in [0.25, 0.3) is 0 Å². The van der Waals surface area contributed by atoms with Crippen molar-refractivity contribution in [2.75, 3.05) is 11.9 Å². The second-order valence-corrected chi connectivity index (χ2v) is 6.49. The van der Waals surface area contributed by atoms with Crippen LogP contribution in [-0.2, 0) is 14.4 Å². The number of piperidine rings is 1. The van der Waals surface area contributed by atoms with Crippen molar-refractivity contribution in [2.45, 2.75) is 51.9 Å². The first kappa shape index (κ1) is 18.1. The van der Waals surface area contributed by atoms with Crippen LogP contribution in [0.1, 0.15) is 57.4 Å². The Bertz CT molecular complexity index is 596. The second-order valence-electron chi connectivity index (χ2n) is 6.49. The van der Waals surface area contributed by atoms with Crippen molar-refractivity contribution < 1.29 is 14.4 Å². The maximum absolute atomic E-state index is 11.8. The van der Waals surface area contributed by atoms with E-state index in [9.17, 15) is 14.4 Å². The third-order valence-corrected chi connectivity index (χ3v) is 4.23. The fourth-order valence-electron chi connectivity index (χ4n) is 2.66. The molecule has 0 radical (unpaired) electrons. The van der Waals surface area contributed by atoms with Gasteiger partial charge in [0.05, 0.1) is 5.92 Å². The Hall–Kier alpha value is -2.24. The van der Waals surface area contributed by atoms with Crippen molar-refractivity contribution >= 4 is 23.4 Å². The fourth-order valence-corrected chi connectivity index (χ4v) is 2.66. The first-order chi connectivity index (χ1) is 11.5. The molecule has 0 saturated carbocycles. The molecule has 0 bridgehead atoms. The summed E-state index contributed by atoms with van der Waals surface area (Å²) in [4.78, 5) is 38.9. The van der Waals surface area contributed by atoms with Gasteiger partial charge < -0.3 is 5.32 Å². The number of nitrogens with zero attached hydrogens (tertiary/aromatic N) is 1. The van der Waals surface area contributed by atoms with Gasteiger partial charge in [0.15, 0.2) is 0 Å². The van der Waals surface area contributed by atoms with E-state index in [0.717, 1.165) is 30.8 Å². The largest absolute Gasteiger partial charge is 0.370 e. The molecule has 1 aliphatic rings. The van der Waals surface area contributed by atoms with E-state index in [4.69, 9.17) is 0 Å². The van der Waals surface area contributed by atoms with Gasteiger partial charge in [0, 0.05) is 31.5 Å². The first-order valence-electron chi connectivity index (χ1n) is 8.53. The van der Waals surface area contributed by atoms with Gasteiger partial charge in [-0.3, -0.25) is 19.7 Å². The fraction of sp³-hybridized carbons (Fsp3) is 0.556.